The summed E-state index contributed by atoms with van der Waals surface area (Å²) in [5.41, 5.74) is 1.87. The van der Waals surface area contributed by atoms with Crippen LogP contribution in [0.15, 0.2) is 18.2 Å². The lowest BCUT2D eigenvalue weighted by molar-refractivity contribution is -0.157. The molecule has 1 aromatic rings. The highest BCUT2D eigenvalue weighted by Gasteiger charge is 2.28. The topological polar surface area (TPSA) is 38.3 Å². The summed E-state index contributed by atoms with van der Waals surface area (Å²) in [6.07, 6.45) is 0.630. The smallest absolute Gasteiger partial charge is 0.324 e. The van der Waals surface area contributed by atoms with E-state index in [0.717, 1.165) is 5.56 Å². The normalized spacial score (nSPS) is 18.2. The molecule has 2 rings (SSSR count). The number of hydrogen-bond donors (Lipinski definition) is 1. The number of rotatable bonds is 1. The third-order valence-electron chi connectivity index (χ3n) is 2.82. The zero-order valence-electron chi connectivity index (χ0n) is 11.3. The summed E-state index contributed by atoms with van der Waals surface area (Å²) >= 11 is 5.97. The maximum atomic E-state index is 12.0. The molecule has 1 N–H and O–H groups in total. The molecular weight excluding hydrogens is 285 g/mol. The van der Waals surface area contributed by atoms with Crippen molar-refractivity contribution in [1.82, 2.24) is 5.32 Å². The monoisotopic (exact) mass is 303 g/mol. The van der Waals surface area contributed by atoms with Gasteiger partial charge < -0.3 is 10.1 Å². The van der Waals surface area contributed by atoms with Crippen molar-refractivity contribution >= 4 is 30.0 Å². The molecule has 1 aromatic carbocycles. The average Bonchev–Trinajstić information content (AvgIpc) is 2.25. The number of hydrogen-bond acceptors (Lipinski definition) is 3. The van der Waals surface area contributed by atoms with Crippen LogP contribution in [0.5, 0.6) is 0 Å². The molecule has 0 bridgehead atoms. The van der Waals surface area contributed by atoms with Gasteiger partial charge >= 0.3 is 5.97 Å². The number of esters is 1. The molecule has 5 heteroatoms. The van der Waals surface area contributed by atoms with Crippen molar-refractivity contribution in [1.29, 1.82) is 0 Å². The van der Waals surface area contributed by atoms with Gasteiger partial charge in [-0.05, 0) is 50.5 Å². The maximum absolute atomic E-state index is 12.0. The summed E-state index contributed by atoms with van der Waals surface area (Å²) in [7, 11) is 0. The number of benzene rings is 1. The number of carbonyl (C=O) groups excluding carboxylic acids is 1. The van der Waals surface area contributed by atoms with Crippen LogP contribution in [-0.2, 0) is 22.5 Å². The number of fused-ring (bicyclic) bond motifs is 1. The molecule has 106 valence electrons. The van der Waals surface area contributed by atoms with Crippen molar-refractivity contribution < 1.29 is 9.53 Å². The summed E-state index contributed by atoms with van der Waals surface area (Å²) in [5.74, 6) is -0.201. The van der Waals surface area contributed by atoms with E-state index < -0.39 is 5.60 Å². The first-order valence-electron chi connectivity index (χ1n) is 6.09. The molecule has 0 aromatic heterocycles. The van der Waals surface area contributed by atoms with E-state index in [9.17, 15) is 4.79 Å². The summed E-state index contributed by atoms with van der Waals surface area (Å²) in [6, 6.07) is 5.51. The number of nitrogens with one attached hydrogen (secondary N) is 1. The molecule has 3 nitrogen and oxygen atoms in total. The Kier molecular flexibility index (Phi) is 5.25. The van der Waals surface area contributed by atoms with E-state index in [1.54, 1.807) is 0 Å². The quantitative estimate of drug-likeness (QED) is 0.810. The molecule has 1 heterocycles. The predicted octanol–water partition coefficient (Wildman–Crippen LogP) is 3.12. The lowest BCUT2D eigenvalue weighted by Gasteiger charge is -2.28. The highest BCUT2D eigenvalue weighted by molar-refractivity contribution is 6.30. The van der Waals surface area contributed by atoms with E-state index in [4.69, 9.17) is 16.3 Å². The first-order valence-corrected chi connectivity index (χ1v) is 6.46. The zero-order valence-corrected chi connectivity index (χ0v) is 12.9. The Balaban J connectivity index is 0.00000180. The van der Waals surface area contributed by atoms with Crippen molar-refractivity contribution in [2.45, 2.75) is 45.4 Å². The fourth-order valence-corrected chi connectivity index (χ4v) is 2.22. The number of halogens is 2. The Bertz CT molecular complexity index is 469. The second kappa shape index (κ2) is 6.12. The van der Waals surface area contributed by atoms with Gasteiger partial charge in [0.1, 0.15) is 11.6 Å². The van der Waals surface area contributed by atoms with Crippen LogP contribution < -0.4 is 5.32 Å². The third kappa shape index (κ3) is 4.37. The van der Waals surface area contributed by atoms with Crippen LogP contribution in [0.25, 0.3) is 0 Å². The molecule has 0 spiro atoms. The van der Waals surface area contributed by atoms with E-state index >= 15 is 0 Å². The fourth-order valence-electron chi connectivity index (χ4n) is 2.02. The van der Waals surface area contributed by atoms with E-state index in [1.807, 2.05) is 39.0 Å². The Morgan fingerprint density at radius 2 is 2.05 bits per heavy atom. The van der Waals surface area contributed by atoms with Crippen LogP contribution >= 0.6 is 24.0 Å². The molecule has 1 unspecified atom stereocenters. The SMILES string of the molecule is CC(C)(C)OC(=O)C1Cc2cc(Cl)ccc2CN1.Cl. The highest BCUT2D eigenvalue weighted by atomic mass is 35.5. The summed E-state index contributed by atoms with van der Waals surface area (Å²) in [4.78, 5) is 12.0. The molecule has 0 amide bonds. The van der Waals surface area contributed by atoms with E-state index in [1.165, 1.54) is 5.56 Å². The molecule has 1 aliphatic rings. The Morgan fingerprint density at radius 1 is 1.37 bits per heavy atom. The van der Waals surface area contributed by atoms with Crippen LogP contribution in [0, 0.1) is 0 Å². The van der Waals surface area contributed by atoms with Gasteiger partial charge in [0.2, 0.25) is 0 Å². The first kappa shape index (κ1) is 16.3. The van der Waals surface area contributed by atoms with Crippen LogP contribution in [-0.4, -0.2) is 17.6 Å². The Morgan fingerprint density at radius 3 is 2.68 bits per heavy atom. The number of carbonyl (C=O) groups is 1. The molecule has 0 saturated heterocycles. The Labute approximate surface area is 125 Å². The van der Waals surface area contributed by atoms with Crippen molar-refractivity contribution in [3.8, 4) is 0 Å². The molecular formula is C14H19Cl2NO2. The van der Waals surface area contributed by atoms with E-state index in [-0.39, 0.29) is 24.4 Å². The van der Waals surface area contributed by atoms with Gasteiger partial charge in [-0.15, -0.1) is 12.4 Å². The second-order valence-electron chi connectivity index (χ2n) is 5.58. The summed E-state index contributed by atoms with van der Waals surface area (Å²) in [5, 5.41) is 3.91. The van der Waals surface area contributed by atoms with Gasteiger partial charge in [0, 0.05) is 11.6 Å². The van der Waals surface area contributed by atoms with Crippen molar-refractivity contribution in [3.05, 3.63) is 34.3 Å². The first-order chi connectivity index (χ1) is 8.35. The van der Waals surface area contributed by atoms with Crippen molar-refractivity contribution in [2.75, 3.05) is 0 Å². The minimum atomic E-state index is -0.451. The summed E-state index contributed by atoms with van der Waals surface area (Å²) < 4.78 is 5.39. The van der Waals surface area contributed by atoms with Gasteiger partial charge in [-0.25, -0.2) is 0 Å². The van der Waals surface area contributed by atoms with Gasteiger partial charge in [0.25, 0.3) is 0 Å². The fraction of sp³-hybridized carbons (Fsp3) is 0.500. The van der Waals surface area contributed by atoms with Crippen molar-refractivity contribution in [3.63, 3.8) is 0 Å². The minimum absolute atomic E-state index is 0. The van der Waals surface area contributed by atoms with E-state index in [0.29, 0.717) is 18.0 Å². The molecule has 0 aliphatic carbocycles. The summed E-state index contributed by atoms with van der Waals surface area (Å²) in [6.45, 7) is 6.30. The third-order valence-corrected chi connectivity index (χ3v) is 3.06. The zero-order chi connectivity index (χ0) is 13.3. The largest absolute Gasteiger partial charge is 0.459 e. The van der Waals surface area contributed by atoms with E-state index in [2.05, 4.69) is 5.32 Å². The van der Waals surface area contributed by atoms with Gasteiger partial charge in [-0.3, -0.25) is 4.79 Å². The minimum Gasteiger partial charge on any atom is -0.459 e. The van der Waals surface area contributed by atoms with Crippen molar-refractivity contribution in [2.24, 2.45) is 0 Å². The van der Waals surface area contributed by atoms with Crippen LogP contribution in [0.4, 0.5) is 0 Å². The predicted molar refractivity (Wildman–Crippen MR) is 78.9 cm³/mol. The maximum Gasteiger partial charge on any atom is 0.324 e. The molecule has 0 saturated carbocycles. The lowest BCUT2D eigenvalue weighted by atomic mass is 9.96. The molecule has 1 atom stereocenters. The molecule has 0 radical (unpaired) electrons. The standard InChI is InChI=1S/C14H18ClNO2.ClH/c1-14(2,3)18-13(17)12-7-10-6-11(15)5-4-9(10)8-16-12;/h4-6,12,16H,7-8H2,1-3H3;1H. The van der Waals surface area contributed by atoms with Crippen LogP contribution in [0.3, 0.4) is 0 Å². The Hall–Kier alpha value is -0.770. The van der Waals surface area contributed by atoms with Crippen LogP contribution in [0.2, 0.25) is 5.02 Å². The van der Waals surface area contributed by atoms with Crippen LogP contribution in [0.1, 0.15) is 31.9 Å². The average molecular weight is 304 g/mol. The lowest BCUT2D eigenvalue weighted by Crippen LogP contribution is -2.45. The van der Waals surface area contributed by atoms with Gasteiger partial charge in [-0.1, -0.05) is 17.7 Å². The molecule has 1 aliphatic heterocycles. The van der Waals surface area contributed by atoms with Gasteiger partial charge in [-0.2, -0.15) is 0 Å². The second-order valence-corrected chi connectivity index (χ2v) is 6.02. The number of ether oxygens (including phenoxy) is 1. The molecule has 19 heavy (non-hydrogen) atoms. The van der Waals surface area contributed by atoms with Gasteiger partial charge in [0.05, 0.1) is 0 Å². The van der Waals surface area contributed by atoms with Gasteiger partial charge in [0.15, 0.2) is 0 Å². The highest BCUT2D eigenvalue weighted by Crippen LogP contribution is 2.22. The molecule has 0 fully saturated rings.